The van der Waals surface area contributed by atoms with Crippen molar-refractivity contribution in [1.82, 2.24) is 0 Å². The highest BCUT2D eigenvalue weighted by Gasteiger charge is 2.33. The van der Waals surface area contributed by atoms with Crippen LogP contribution in [0, 0.1) is 17.8 Å². The molecule has 0 aromatic heterocycles. The van der Waals surface area contributed by atoms with E-state index in [-0.39, 0.29) is 11.8 Å². The number of aliphatic carboxylic acids is 1. The van der Waals surface area contributed by atoms with Gasteiger partial charge in [0, 0.05) is 11.6 Å². The minimum atomic E-state index is -0.824. The van der Waals surface area contributed by atoms with E-state index in [1.165, 1.54) is 0 Å². The molecule has 1 amide bonds. The average molecular weight is 340 g/mol. The number of rotatable bonds is 6. The monoisotopic (exact) mass is 339 g/mol. The van der Waals surface area contributed by atoms with Gasteiger partial charge in [0.2, 0.25) is 5.91 Å². The molecule has 2 atom stereocenters. The van der Waals surface area contributed by atoms with E-state index < -0.39 is 11.9 Å². The summed E-state index contributed by atoms with van der Waals surface area (Å²) in [5.74, 6) is -0.663. The predicted molar refractivity (Wildman–Crippen MR) is 88.9 cm³/mol. The number of carboxylic acid groups (broad SMARTS) is 1. The molecule has 0 bridgehead atoms. The SMILES string of the molecule is CC(C)COc1ccc(NC(=O)[C@@H]2CC[C@H](C(=O)O)C2)cc1Cl. The number of carboxylic acids is 1. The molecule has 5 nitrogen and oxygen atoms in total. The molecule has 126 valence electrons. The molecule has 1 aliphatic rings. The molecule has 6 heteroatoms. The minimum Gasteiger partial charge on any atom is -0.492 e. The van der Waals surface area contributed by atoms with Crippen molar-refractivity contribution in [2.45, 2.75) is 33.1 Å². The van der Waals surface area contributed by atoms with Crippen LogP contribution in [0.3, 0.4) is 0 Å². The number of nitrogens with one attached hydrogen (secondary N) is 1. The molecule has 1 aliphatic carbocycles. The first-order chi connectivity index (χ1) is 10.9. The van der Waals surface area contributed by atoms with Gasteiger partial charge in [0.25, 0.3) is 0 Å². The average Bonchev–Trinajstić information content (AvgIpc) is 2.96. The number of halogens is 1. The summed E-state index contributed by atoms with van der Waals surface area (Å²) in [7, 11) is 0. The van der Waals surface area contributed by atoms with E-state index in [2.05, 4.69) is 19.2 Å². The summed E-state index contributed by atoms with van der Waals surface area (Å²) in [4.78, 5) is 23.2. The summed E-state index contributed by atoms with van der Waals surface area (Å²) in [6, 6.07) is 5.12. The van der Waals surface area contributed by atoms with Crippen molar-refractivity contribution < 1.29 is 19.4 Å². The number of anilines is 1. The number of carbonyl (C=O) groups is 2. The zero-order chi connectivity index (χ0) is 17.0. The van der Waals surface area contributed by atoms with Crippen LogP contribution < -0.4 is 10.1 Å². The summed E-state index contributed by atoms with van der Waals surface area (Å²) in [6.07, 6.45) is 1.55. The van der Waals surface area contributed by atoms with Crippen LogP contribution in [0.25, 0.3) is 0 Å². The summed E-state index contributed by atoms with van der Waals surface area (Å²) in [5.41, 5.74) is 0.593. The highest BCUT2D eigenvalue weighted by molar-refractivity contribution is 6.32. The molecule has 0 radical (unpaired) electrons. The summed E-state index contributed by atoms with van der Waals surface area (Å²) in [5, 5.41) is 12.2. The third-order valence-electron chi connectivity index (χ3n) is 3.92. The second-order valence-corrected chi connectivity index (χ2v) is 6.79. The molecule has 0 saturated heterocycles. The fraction of sp³-hybridized carbons (Fsp3) is 0.529. The number of ether oxygens (including phenoxy) is 1. The molecule has 1 saturated carbocycles. The molecular weight excluding hydrogens is 318 g/mol. The molecule has 1 fully saturated rings. The Balaban J connectivity index is 1.94. The highest BCUT2D eigenvalue weighted by atomic mass is 35.5. The van der Waals surface area contributed by atoms with Crippen LogP contribution in [0.5, 0.6) is 5.75 Å². The Morgan fingerprint density at radius 2 is 2.04 bits per heavy atom. The highest BCUT2D eigenvalue weighted by Crippen LogP contribution is 2.33. The van der Waals surface area contributed by atoms with E-state index in [9.17, 15) is 9.59 Å². The van der Waals surface area contributed by atoms with Crippen molar-refractivity contribution in [1.29, 1.82) is 0 Å². The summed E-state index contributed by atoms with van der Waals surface area (Å²) < 4.78 is 5.59. The molecule has 2 N–H and O–H groups in total. The molecule has 1 aromatic carbocycles. The Morgan fingerprint density at radius 1 is 1.35 bits per heavy atom. The van der Waals surface area contributed by atoms with Gasteiger partial charge in [-0.05, 0) is 43.4 Å². The third kappa shape index (κ3) is 4.86. The van der Waals surface area contributed by atoms with Crippen molar-refractivity contribution in [3.05, 3.63) is 23.2 Å². The number of hydrogen-bond donors (Lipinski definition) is 2. The van der Waals surface area contributed by atoms with Crippen LogP contribution in [0.1, 0.15) is 33.1 Å². The molecule has 0 heterocycles. The molecule has 2 rings (SSSR count). The lowest BCUT2D eigenvalue weighted by Crippen LogP contribution is -2.21. The van der Waals surface area contributed by atoms with Gasteiger partial charge < -0.3 is 15.2 Å². The maximum absolute atomic E-state index is 12.2. The lowest BCUT2D eigenvalue weighted by Gasteiger charge is -2.13. The second-order valence-electron chi connectivity index (χ2n) is 6.38. The Bertz CT molecular complexity index is 588. The number of carbonyl (C=O) groups excluding carboxylic acids is 1. The molecule has 23 heavy (non-hydrogen) atoms. The van der Waals surface area contributed by atoms with Crippen molar-refractivity contribution in [2.24, 2.45) is 17.8 Å². The Labute approximate surface area is 141 Å². The topological polar surface area (TPSA) is 75.6 Å². The second kappa shape index (κ2) is 7.68. The van der Waals surface area contributed by atoms with Crippen molar-refractivity contribution >= 4 is 29.2 Å². The Kier molecular flexibility index (Phi) is 5.88. The normalized spacial score (nSPS) is 20.5. The van der Waals surface area contributed by atoms with Crippen molar-refractivity contribution in [3.8, 4) is 5.75 Å². The van der Waals surface area contributed by atoms with Gasteiger partial charge in [-0.1, -0.05) is 25.4 Å². The van der Waals surface area contributed by atoms with Gasteiger partial charge in [0.05, 0.1) is 17.5 Å². The Hall–Kier alpha value is -1.75. The molecule has 0 unspecified atom stereocenters. The van der Waals surface area contributed by atoms with E-state index in [0.717, 1.165) is 0 Å². The van der Waals surface area contributed by atoms with Gasteiger partial charge in [0.1, 0.15) is 5.75 Å². The lowest BCUT2D eigenvalue weighted by atomic mass is 10.0. The smallest absolute Gasteiger partial charge is 0.306 e. The van der Waals surface area contributed by atoms with Crippen molar-refractivity contribution in [2.75, 3.05) is 11.9 Å². The van der Waals surface area contributed by atoms with Crippen LogP contribution in [0.4, 0.5) is 5.69 Å². The number of benzene rings is 1. The number of hydrogen-bond acceptors (Lipinski definition) is 3. The first-order valence-corrected chi connectivity index (χ1v) is 8.20. The van der Waals surface area contributed by atoms with E-state index in [1.54, 1.807) is 18.2 Å². The van der Waals surface area contributed by atoms with Gasteiger partial charge in [-0.15, -0.1) is 0 Å². The first kappa shape index (κ1) is 17.6. The Morgan fingerprint density at radius 3 is 2.61 bits per heavy atom. The summed E-state index contributed by atoms with van der Waals surface area (Å²) >= 11 is 6.17. The van der Waals surface area contributed by atoms with Gasteiger partial charge in [-0.3, -0.25) is 9.59 Å². The molecule has 0 spiro atoms. The third-order valence-corrected chi connectivity index (χ3v) is 4.22. The standard InChI is InChI=1S/C17H22ClNO4/c1-10(2)9-23-15-6-5-13(8-14(15)18)19-16(20)11-3-4-12(7-11)17(21)22/h5-6,8,10-12H,3-4,7,9H2,1-2H3,(H,19,20)(H,21,22)/t11-,12+/m1/s1. The minimum absolute atomic E-state index is 0.152. The maximum atomic E-state index is 12.2. The molecular formula is C17H22ClNO4. The predicted octanol–water partition coefficient (Wildman–Crippen LogP) is 3.81. The molecule has 0 aliphatic heterocycles. The lowest BCUT2D eigenvalue weighted by molar-refractivity contribution is -0.141. The van der Waals surface area contributed by atoms with E-state index >= 15 is 0 Å². The van der Waals surface area contributed by atoms with Crippen molar-refractivity contribution in [3.63, 3.8) is 0 Å². The van der Waals surface area contributed by atoms with Gasteiger partial charge >= 0.3 is 5.97 Å². The fourth-order valence-electron chi connectivity index (χ4n) is 2.64. The van der Waals surface area contributed by atoms with Crippen LogP contribution >= 0.6 is 11.6 Å². The summed E-state index contributed by atoms with van der Waals surface area (Å²) in [6.45, 7) is 4.67. The molecule has 1 aromatic rings. The van der Waals surface area contributed by atoms with Crippen LogP contribution in [-0.2, 0) is 9.59 Å². The van der Waals surface area contributed by atoms with Crippen LogP contribution in [0.15, 0.2) is 18.2 Å². The zero-order valence-corrected chi connectivity index (χ0v) is 14.1. The van der Waals surface area contributed by atoms with E-state index in [4.69, 9.17) is 21.4 Å². The largest absolute Gasteiger partial charge is 0.492 e. The number of amides is 1. The zero-order valence-electron chi connectivity index (χ0n) is 13.3. The van der Waals surface area contributed by atoms with Gasteiger partial charge in [-0.2, -0.15) is 0 Å². The quantitative estimate of drug-likeness (QED) is 0.826. The fourth-order valence-corrected chi connectivity index (χ4v) is 2.88. The van der Waals surface area contributed by atoms with Crippen LogP contribution in [0.2, 0.25) is 5.02 Å². The van der Waals surface area contributed by atoms with Gasteiger partial charge in [-0.25, -0.2) is 0 Å². The first-order valence-electron chi connectivity index (χ1n) is 7.82. The maximum Gasteiger partial charge on any atom is 0.306 e. The van der Waals surface area contributed by atoms with E-state index in [0.29, 0.717) is 48.2 Å². The van der Waals surface area contributed by atoms with E-state index in [1.807, 2.05) is 0 Å². The van der Waals surface area contributed by atoms with Crippen LogP contribution in [-0.4, -0.2) is 23.6 Å². The van der Waals surface area contributed by atoms with Gasteiger partial charge in [0.15, 0.2) is 0 Å².